The van der Waals surface area contributed by atoms with Crippen molar-refractivity contribution in [2.24, 2.45) is 4.99 Å². The van der Waals surface area contributed by atoms with E-state index in [1.807, 2.05) is 13.2 Å². The van der Waals surface area contributed by atoms with Crippen LogP contribution in [0.1, 0.15) is 16.8 Å². The fourth-order valence-corrected chi connectivity index (χ4v) is 3.47. The maximum atomic E-state index is 4.38. The average Bonchev–Trinajstić information content (AvgIpc) is 2.99. The van der Waals surface area contributed by atoms with Gasteiger partial charge in [-0.15, -0.1) is 35.3 Å². The molecule has 1 aromatic rings. The summed E-state index contributed by atoms with van der Waals surface area (Å²) in [5.41, 5.74) is 0. The van der Waals surface area contributed by atoms with Gasteiger partial charge in [-0.05, 0) is 13.5 Å². The third-order valence-electron chi connectivity index (χ3n) is 4.16. The predicted octanol–water partition coefficient (Wildman–Crippen LogP) is 1.41. The second-order valence-corrected chi connectivity index (χ2v) is 7.14. The summed E-state index contributed by atoms with van der Waals surface area (Å²) in [7, 11) is 1.82. The predicted molar refractivity (Wildman–Crippen MR) is 114 cm³/mol. The Morgan fingerprint density at radius 2 is 1.88 bits per heavy atom. The third kappa shape index (κ3) is 7.62. The van der Waals surface area contributed by atoms with Gasteiger partial charge in [-0.2, -0.15) is 0 Å². The van der Waals surface area contributed by atoms with E-state index in [4.69, 9.17) is 0 Å². The number of piperazine rings is 1. The molecule has 0 aliphatic carbocycles. The molecular weight excluding hydrogens is 435 g/mol. The summed E-state index contributed by atoms with van der Waals surface area (Å²) in [6, 6.07) is 0. The molecule has 0 amide bonds. The summed E-state index contributed by atoms with van der Waals surface area (Å²) < 4.78 is 0. The molecule has 0 atom stereocenters. The van der Waals surface area contributed by atoms with E-state index in [0.717, 1.165) is 32.0 Å². The van der Waals surface area contributed by atoms with E-state index in [1.54, 1.807) is 11.3 Å². The van der Waals surface area contributed by atoms with Crippen LogP contribution in [0, 0.1) is 6.92 Å². The average molecular weight is 466 g/mol. The molecular formula is C16H31IN6S. The van der Waals surface area contributed by atoms with Crippen LogP contribution in [0.3, 0.4) is 0 Å². The van der Waals surface area contributed by atoms with Crippen LogP contribution in [0.5, 0.6) is 0 Å². The van der Waals surface area contributed by atoms with Crippen LogP contribution in [0.15, 0.2) is 11.2 Å². The maximum absolute atomic E-state index is 4.38. The SMILES string of the molecule is CCN1CCN(CCNC(=NC)NCCc2ncc(C)s2)CC1.I. The van der Waals surface area contributed by atoms with Gasteiger partial charge in [0.15, 0.2) is 5.96 Å². The van der Waals surface area contributed by atoms with Crippen molar-refractivity contribution in [3.8, 4) is 0 Å². The van der Waals surface area contributed by atoms with Crippen molar-refractivity contribution in [3.63, 3.8) is 0 Å². The summed E-state index contributed by atoms with van der Waals surface area (Å²) >= 11 is 1.76. The summed E-state index contributed by atoms with van der Waals surface area (Å²) in [5.74, 6) is 0.880. The van der Waals surface area contributed by atoms with Crippen LogP contribution >= 0.6 is 35.3 Å². The molecule has 0 spiro atoms. The van der Waals surface area contributed by atoms with E-state index >= 15 is 0 Å². The molecule has 24 heavy (non-hydrogen) atoms. The number of aryl methyl sites for hydroxylation is 1. The van der Waals surface area contributed by atoms with Crippen LogP contribution in [0.4, 0.5) is 0 Å². The number of hydrogen-bond acceptors (Lipinski definition) is 5. The lowest BCUT2D eigenvalue weighted by Crippen LogP contribution is -2.49. The number of rotatable bonds is 7. The lowest BCUT2D eigenvalue weighted by Gasteiger charge is -2.34. The smallest absolute Gasteiger partial charge is 0.191 e. The summed E-state index contributed by atoms with van der Waals surface area (Å²) in [6.07, 6.45) is 2.88. The van der Waals surface area contributed by atoms with Crippen molar-refractivity contribution in [2.45, 2.75) is 20.3 Å². The standard InChI is InChI=1S/C16H30N6S.HI/c1-4-21-9-11-22(12-10-21)8-7-19-16(17-3)18-6-5-15-20-13-14(2)23-15;/h13H,4-12H2,1-3H3,(H2,17,18,19);1H. The monoisotopic (exact) mass is 466 g/mol. The molecule has 1 fully saturated rings. The minimum Gasteiger partial charge on any atom is -0.356 e. The first-order valence-corrected chi connectivity index (χ1v) is 9.33. The van der Waals surface area contributed by atoms with E-state index in [2.05, 4.69) is 44.3 Å². The fourth-order valence-electron chi connectivity index (χ4n) is 2.69. The molecule has 0 aromatic carbocycles. The highest BCUT2D eigenvalue weighted by Crippen LogP contribution is 2.10. The van der Waals surface area contributed by atoms with E-state index in [9.17, 15) is 0 Å². The van der Waals surface area contributed by atoms with Crippen LogP contribution in [-0.4, -0.2) is 80.1 Å². The zero-order valence-electron chi connectivity index (χ0n) is 15.0. The Kier molecular flexibility index (Phi) is 10.8. The normalized spacial score (nSPS) is 16.7. The molecule has 1 aliphatic heterocycles. The van der Waals surface area contributed by atoms with Gasteiger partial charge in [0, 0.05) is 70.4 Å². The fraction of sp³-hybridized carbons (Fsp3) is 0.750. The number of halogens is 1. The van der Waals surface area contributed by atoms with Gasteiger partial charge in [0.05, 0.1) is 5.01 Å². The number of guanidine groups is 1. The van der Waals surface area contributed by atoms with E-state index in [-0.39, 0.29) is 24.0 Å². The number of nitrogens with one attached hydrogen (secondary N) is 2. The quantitative estimate of drug-likeness (QED) is 0.362. The highest BCUT2D eigenvalue weighted by atomic mass is 127. The largest absolute Gasteiger partial charge is 0.356 e. The molecule has 138 valence electrons. The minimum absolute atomic E-state index is 0. The maximum Gasteiger partial charge on any atom is 0.191 e. The minimum atomic E-state index is 0. The molecule has 1 saturated heterocycles. The highest BCUT2D eigenvalue weighted by Gasteiger charge is 2.14. The molecule has 8 heteroatoms. The lowest BCUT2D eigenvalue weighted by atomic mass is 10.3. The van der Waals surface area contributed by atoms with Gasteiger partial charge < -0.3 is 15.5 Å². The second kappa shape index (κ2) is 12.0. The summed E-state index contributed by atoms with van der Waals surface area (Å²) in [5, 5.41) is 7.94. The number of thiazole rings is 1. The van der Waals surface area contributed by atoms with Crippen LogP contribution < -0.4 is 10.6 Å². The van der Waals surface area contributed by atoms with Crippen LogP contribution in [0.25, 0.3) is 0 Å². The van der Waals surface area contributed by atoms with E-state index in [0.29, 0.717) is 0 Å². The van der Waals surface area contributed by atoms with Gasteiger partial charge in [0.1, 0.15) is 0 Å². The third-order valence-corrected chi connectivity index (χ3v) is 5.13. The van der Waals surface area contributed by atoms with Crippen molar-refractivity contribution < 1.29 is 0 Å². The zero-order valence-corrected chi connectivity index (χ0v) is 18.2. The second-order valence-electron chi connectivity index (χ2n) is 5.82. The molecule has 2 N–H and O–H groups in total. The molecule has 0 unspecified atom stereocenters. The first kappa shape index (κ1) is 21.6. The van der Waals surface area contributed by atoms with Crippen molar-refractivity contribution in [1.29, 1.82) is 0 Å². The van der Waals surface area contributed by atoms with Gasteiger partial charge in [0.25, 0.3) is 0 Å². The molecule has 0 bridgehead atoms. The van der Waals surface area contributed by atoms with Gasteiger partial charge in [0.2, 0.25) is 0 Å². The lowest BCUT2D eigenvalue weighted by molar-refractivity contribution is 0.139. The molecule has 1 aliphatic rings. The van der Waals surface area contributed by atoms with Gasteiger partial charge in [-0.25, -0.2) is 4.98 Å². The first-order chi connectivity index (χ1) is 11.2. The van der Waals surface area contributed by atoms with E-state index < -0.39 is 0 Å². The number of nitrogens with zero attached hydrogens (tertiary/aromatic N) is 4. The summed E-state index contributed by atoms with van der Waals surface area (Å²) in [6.45, 7) is 13.1. The Morgan fingerprint density at radius 3 is 2.46 bits per heavy atom. The number of aliphatic imine (C=N–C) groups is 1. The Balaban J connectivity index is 0.00000288. The number of aromatic nitrogens is 1. The topological polar surface area (TPSA) is 55.8 Å². The molecule has 0 saturated carbocycles. The van der Waals surface area contributed by atoms with Crippen molar-refractivity contribution in [1.82, 2.24) is 25.4 Å². The number of hydrogen-bond donors (Lipinski definition) is 2. The van der Waals surface area contributed by atoms with Crippen LogP contribution in [-0.2, 0) is 6.42 Å². The van der Waals surface area contributed by atoms with Gasteiger partial charge >= 0.3 is 0 Å². The molecule has 0 radical (unpaired) electrons. The number of likely N-dealkylation sites (N-methyl/N-ethyl adjacent to an activating group) is 1. The Morgan fingerprint density at radius 1 is 1.21 bits per heavy atom. The van der Waals surface area contributed by atoms with Crippen molar-refractivity contribution >= 4 is 41.3 Å². The van der Waals surface area contributed by atoms with E-state index in [1.165, 1.54) is 42.6 Å². The molecule has 2 rings (SSSR count). The molecule has 6 nitrogen and oxygen atoms in total. The Labute approximate surface area is 167 Å². The van der Waals surface area contributed by atoms with Crippen molar-refractivity contribution in [3.05, 3.63) is 16.1 Å². The Hall–Kier alpha value is -0.450. The summed E-state index contributed by atoms with van der Waals surface area (Å²) in [4.78, 5) is 15.0. The van der Waals surface area contributed by atoms with Gasteiger partial charge in [-0.3, -0.25) is 9.89 Å². The highest BCUT2D eigenvalue weighted by molar-refractivity contribution is 14.0. The first-order valence-electron chi connectivity index (χ1n) is 8.51. The molecule has 1 aromatic heterocycles. The van der Waals surface area contributed by atoms with Gasteiger partial charge in [-0.1, -0.05) is 6.92 Å². The zero-order chi connectivity index (χ0) is 16.5. The Bertz CT molecular complexity index is 485. The van der Waals surface area contributed by atoms with Crippen molar-refractivity contribution in [2.75, 3.05) is 59.4 Å². The molecule has 2 heterocycles. The van der Waals surface area contributed by atoms with Crippen LogP contribution in [0.2, 0.25) is 0 Å².